The van der Waals surface area contributed by atoms with Crippen molar-refractivity contribution in [2.24, 2.45) is 0 Å². The van der Waals surface area contributed by atoms with Crippen LogP contribution >= 0.6 is 0 Å². The summed E-state index contributed by atoms with van der Waals surface area (Å²) in [6.45, 7) is 5.02. The third kappa shape index (κ3) is 2.33. The molecule has 77 valence electrons. The lowest BCUT2D eigenvalue weighted by atomic mass is 10.1. The van der Waals surface area contributed by atoms with Gasteiger partial charge in [0, 0.05) is 0 Å². The van der Waals surface area contributed by atoms with E-state index < -0.39 is 15.9 Å². The molecule has 1 atom stereocenters. The molecule has 0 heterocycles. The highest BCUT2D eigenvalue weighted by Crippen LogP contribution is 2.16. The highest BCUT2D eigenvalue weighted by atomic mass is 32.2. The molecule has 0 amide bonds. The Kier molecular flexibility index (Phi) is 3.29. The molecule has 3 nitrogen and oxygen atoms in total. The van der Waals surface area contributed by atoms with Crippen LogP contribution in [0.4, 0.5) is 0 Å². The van der Waals surface area contributed by atoms with Crippen LogP contribution in [0.25, 0.3) is 0 Å². The highest BCUT2D eigenvalue weighted by Gasteiger charge is 2.11. The first-order valence-electron chi connectivity index (χ1n) is 4.31. The van der Waals surface area contributed by atoms with Crippen molar-refractivity contribution >= 4 is 9.84 Å². The van der Waals surface area contributed by atoms with Gasteiger partial charge < -0.3 is 5.11 Å². The molecule has 0 aliphatic rings. The molecule has 1 rings (SSSR count). The maximum Gasteiger partial charge on any atom is 0.178 e. The maximum absolute atomic E-state index is 11.4. The second-order valence-corrected chi connectivity index (χ2v) is 5.27. The van der Waals surface area contributed by atoms with E-state index >= 15 is 0 Å². The van der Waals surface area contributed by atoms with Gasteiger partial charge in [-0.15, -0.1) is 0 Å². The zero-order chi connectivity index (χ0) is 10.8. The molecule has 0 saturated heterocycles. The largest absolute Gasteiger partial charge is 0.388 e. The molecule has 1 radical (unpaired) electrons. The van der Waals surface area contributed by atoms with E-state index in [1.165, 1.54) is 12.1 Å². The minimum Gasteiger partial charge on any atom is -0.388 e. The molecule has 0 bridgehead atoms. The van der Waals surface area contributed by atoms with Crippen molar-refractivity contribution in [3.05, 3.63) is 36.8 Å². The predicted molar refractivity (Wildman–Crippen MR) is 54.5 cm³/mol. The Labute approximate surface area is 84.3 Å². The monoisotopic (exact) mass is 213 g/mol. The Morgan fingerprint density at radius 3 is 2.21 bits per heavy atom. The summed E-state index contributed by atoms with van der Waals surface area (Å²) in [6, 6.07) is 6.12. The smallest absolute Gasteiger partial charge is 0.178 e. The van der Waals surface area contributed by atoms with Gasteiger partial charge >= 0.3 is 0 Å². The van der Waals surface area contributed by atoms with Crippen LogP contribution in [0, 0.1) is 6.92 Å². The zero-order valence-corrected chi connectivity index (χ0v) is 8.79. The van der Waals surface area contributed by atoms with Crippen molar-refractivity contribution in [3.8, 4) is 0 Å². The van der Waals surface area contributed by atoms with Crippen molar-refractivity contribution in [3.63, 3.8) is 0 Å². The summed E-state index contributed by atoms with van der Waals surface area (Å²) in [6.07, 6.45) is -0.812. The van der Waals surface area contributed by atoms with E-state index in [0.29, 0.717) is 5.56 Å². The molecular formula is C10H13O3S. The van der Waals surface area contributed by atoms with Crippen LogP contribution in [0.5, 0.6) is 0 Å². The predicted octanol–water partition coefficient (Wildman–Crippen LogP) is 1.35. The van der Waals surface area contributed by atoms with E-state index in [-0.39, 0.29) is 10.6 Å². The quantitative estimate of drug-likeness (QED) is 0.824. The minimum atomic E-state index is -3.14. The first kappa shape index (κ1) is 11.2. The fraction of sp³-hybridized carbons (Fsp3) is 0.300. The summed E-state index contributed by atoms with van der Waals surface area (Å²) in [7, 11) is -3.14. The Balaban J connectivity index is 3.06. The van der Waals surface area contributed by atoms with Crippen LogP contribution in [-0.4, -0.2) is 19.3 Å². The summed E-state index contributed by atoms with van der Waals surface area (Å²) >= 11 is 0. The molecule has 0 aliphatic heterocycles. The van der Waals surface area contributed by atoms with Crippen molar-refractivity contribution in [2.45, 2.75) is 17.9 Å². The Morgan fingerprint density at radius 2 is 1.86 bits per heavy atom. The Morgan fingerprint density at radius 1 is 1.36 bits per heavy atom. The average molecular weight is 213 g/mol. The number of aliphatic hydroxyl groups is 1. The molecule has 0 spiro atoms. The molecular weight excluding hydrogens is 200 g/mol. The van der Waals surface area contributed by atoms with Crippen molar-refractivity contribution in [2.75, 3.05) is 5.75 Å². The van der Waals surface area contributed by atoms with Crippen LogP contribution in [0.3, 0.4) is 0 Å². The fourth-order valence-corrected chi connectivity index (χ4v) is 1.95. The standard InChI is InChI=1S/C10H13O3S/c1-3-14(12,13)10-6-4-9(5-7-10)8(2)11/h4-8,11H,2-3H2,1H3. The highest BCUT2D eigenvalue weighted by molar-refractivity contribution is 7.91. The topological polar surface area (TPSA) is 54.4 Å². The lowest BCUT2D eigenvalue weighted by Gasteiger charge is -2.05. The molecule has 4 heteroatoms. The molecule has 0 aromatic heterocycles. The Hall–Kier alpha value is -0.870. The number of hydrogen-bond acceptors (Lipinski definition) is 3. The van der Waals surface area contributed by atoms with Gasteiger partial charge in [-0.2, -0.15) is 0 Å². The average Bonchev–Trinajstić information content (AvgIpc) is 2.18. The third-order valence-electron chi connectivity index (χ3n) is 2.00. The second-order valence-electron chi connectivity index (χ2n) is 2.99. The van der Waals surface area contributed by atoms with Gasteiger partial charge in [0.1, 0.15) is 0 Å². The number of sulfone groups is 1. The fourth-order valence-electron chi connectivity index (χ4n) is 1.06. The van der Waals surface area contributed by atoms with Gasteiger partial charge in [-0.3, -0.25) is 0 Å². The molecule has 1 unspecified atom stereocenters. The lowest BCUT2D eigenvalue weighted by Crippen LogP contribution is -2.03. The van der Waals surface area contributed by atoms with Gasteiger partial charge in [-0.05, 0) is 24.6 Å². The van der Waals surface area contributed by atoms with Gasteiger partial charge in [-0.25, -0.2) is 8.42 Å². The Bertz CT molecular complexity index is 390. The molecule has 1 aromatic carbocycles. The van der Waals surface area contributed by atoms with E-state index in [1.807, 2.05) is 0 Å². The van der Waals surface area contributed by atoms with E-state index in [4.69, 9.17) is 5.11 Å². The van der Waals surface area contributed by atoms with Gasteiger partial charge in [0.05, 0.1) is 16.8 Å². The molecule has 1 N–H and O–H groups in total. The summed E-state index contributed by atoms with van der Waals surface area (Å²) in [5, 5.41) is 9.11. The van der Waals surface area contributed by atoms with Crippen LogP contribution in [0.1, 0.15) is 18.6 Å². The number of aliphatic hydroxyl groups excluding tert-OH is 1. The van der Waals surface area contributed by atoms with E-state index in [2.05, 4.69) is 6.92 Å². The summed E-state index contributed by atoms with van der Waals surface area (Å²) < 4.78 is 22.8. The lowest BCUT2D eigenvalue weighted by molar-refractivity contribution is 0.226. The SMILES string of the molecule is [CH2]C(O)c1ccc(S(=O)(=O)CC)cc1. The molecule has 0 aliphatic carbocycles. The van der Waals surface area contributed by atoms with Crippen molar-refractivity contribution in [1.29, 1.82) is 0 Å². The van der Waals surface area contributed by atoms with Gasteiger partial charge in [0.2, 0.25) is 0 Å². The second kappa shape index (κ2) is 4.11. The van der Waals surface area contributed by atoms with Gasteiger partial charge in [0.25, 0.3) is 0 Å². The molecule has 14 heavy (non-hydrogen) atoms. The van der Waals surface area contributed by atoms with Crippen LogP contribution in [0.15, 0.2) is 29.2 Å². The third-order valence-corrected chi connectivity index (χ3v) is 3.75. The molecule has 1 aromatic rings. The first-order valence-corrected chi connectivity index (χ1v) is 5.96. The van der Waals surface area contributed by atoms with Crippen molar-refractivity contribution < 1.29 is 13.5 Å². The number of rotatable bonds is 3. The summed E-state index contributed by atoms with van der Waals surface area (Å²) in [5.41, 5.74) is 0.611. The number of hydrogen-bond donors (Lipinski definition) is 1. The van der Waals surface area contributed by atoms with E-state index in [1.54, 1.807) is 19.1 Å². The van der Waals surface area contributed by atoms with Crippen LogP contribution in [-0.2, 0) is 9.84 Å². The van der Waals surface area contributed by atoms with Gasteiger partial charge in [-0.1, -0.05) is 19.1 Å². The van der Waals surface area contributed by atoms with E-state index in [9.17, 15) is 8.42 Å². The summed E-state index contributed by atoms with van der Waals surface area (Å²) in [4.78, 5) is 0.282. The van der Waals surface area contributed by atoms with Crippen LogP contribution in [0.2, 0.25) is 0 Å². The minimum absolute atomic E-state index is 0.0826. The maximum atomic E-state index is 11.4. The molecule has 0 fully saturated rings. The first-order chi connectivity index (χ1) is 6.47. The normalized spacial score (nSPS) is 13.9. The zero-order valence-electron chi connectivity index (χ0n) is 7.97. The van der Waals surface area contributed by atoms with Crippen LogP contribution < -0.4 is 0 Å². The summed E-state index contributed by atoms with van der Waals surface area (Å²) in [5.74, 6) is 0.0826. The molecule has 0 saturated carbocycles. The van der Waals surface area contributed by atoms with Crippen molar-refractivity contribution in [1.82, 2.24) is 0 Å². The van der Waals surface area contributed by atoms with E-state index in [0.717, 1.165) is 0 Å². The number of benzene rings is 1. The van der Waals surface area contributed by atoms with Gasteiger partial charge in [0.15, 0.2) is 9.84 Å².